The van der Waals surface area contributed by atoms with Gasteiger partial charge in [-0.25, -0.2) is 0 Å². The third-order valence-electron chi connectivity index (χ3n) is 4.21. The Morgan fingerprint density at radius 2 is 2.00 bits per heavy atom. The molecule has 1 aromatic rings. The zero-order valence-corrected chi connectivity index (χ0v) is 14.8. The zero-order valence-electron chi connectivity index (χ0n) is 14.1. The minimum atomic E-state index is -0.548. The van der Waals surface area contributed by atoms with E-state index in [0.717, 1.165) is 26.2 Å². The monoisotopic (exact) mass is 339 g/mol. The summed E-state index contributed by atoms with van der Waals surface area (Å²) in [7, 11) is 2.14. The van der Waals surface area contributed by atoms with E-state index >= 15 is 0 Å². The Labute approximate surface area is 143 Å². The summed E-state index contributed by atoms with van der Waals surface area (Å²) in [5.74, 6) is 0.498. The fourth-order valence-electron chi connectivity index (χ4n) is 2.58. The number of nitrogens with zero attached hydrogens (tertiary/aromatic N) is 2. The quantitative estimate of drug-likeness (QED) is 0.859. The van der Waals surface area contributed by atoms with Gasteiger partial charge in [0.15, 0.2) is 6.10 Å². The van der Waals surface area contributed by atoms with Gasteiger partial charge in [-0.15, -0.1) is 0 Å². The summed E-state index contributed by atoms with van der Waals surface area (Å²) in [5.41, 5.74) is 0. The van der Waals surface area contributed by atoms with Crippen molar-refractivity contribution < 1.29 is 9.53 Å². The van der Waals surface area contributed by atoms with Gasteiger partial charge in [-0.05, 0) is 39.1 Å². The molecular formula is C17H26ClN3O2. The van der Waals surface area contributed by atoms with Gasteiger partial charge in [0.05, 0.1) is 0 Å². The SMILES string of the molecule is C[C@H](CNC(=O)[C@@H](C)Oc1cccc(Cl)c1)N1CCN(C)CC1. The maximum Gasteiger partial charge on any atom is 0.260 e. The Kier molecular flexibility index (Phi) is 6.69. The van der Waals surface area contributed by atoms with E-state index < -0.39 is 6.10 Å². The molecule has 1 fully saturated rings. The first-order valence-electron chi connectivity index (χ1n) is 8.08. The van der Waals surface area contributed by atoms with Crippen LogP contribution in [0.25, 0.3) is 0 Å². The number of amides is 1. The highest BCUT2D eigenvalue weighted by Gasteiger charge is 2.21. The number of carbonyl (C=O) groups is 1. The van der Waals surface area contributed by atoms with Gasteiger partial charge in [-0.3, -0.25) is 9.69 Å². The number of carbonyl (C=O) groups excluding carboxylic acids is 1. The molecule has 23 heavy (non-hydrogen) atoms. The average molecular weight is 340 g/mol. The molecule has 1 aromatic carbocycles. The average Bonchev–Trinajstić information content (AvgIpc) is 2.53. The number of halogens is 1. The molecule has 0 aromatic heterocycles. The third kappa shape index (κ3) is 5.68. The van der Waals surface area contributed by atoms with Crippen LogP contribution in [0.2, 0.25) is 5.02 Å². The summed E-state index contributed by atoms with van der Waals surface area (Å²) in [6, 6.07) is 7.40. The van der Waals surface area contributed by atoms with E-state index in [1.807, 2.05) is 0 Å². The molecule has 1 saturated heterocycles. The maximum absolute atomic E-state index is 12.2. The number of ether oxygens (including phenoxy) is 1. The molecule has 5 nitrogen and oxygen atoms in total. The fraction of sp³-hybridized carbons (Fsp3) is 0.588. The van der Waals surface area contributed by atoms with E-state index in [1.54, 1.807) is 31.2 Å². The Bertz CT molecular complexity index is 518. The molecule has 1 aliphatic rings. The number of hydrogen-bond acceptors (Lipinski definition) is 4. The summed E-state index contributed by atoms with van der Waals surface area (Å²) in [4.78, 5) is 16.9. The molecule has 0 unspecified atom stereocenters. The molecule has 6 heteroatoms. The number of nitrogens with one attached hydrogen (secondary N) is 1. The lowest BCUT2D eigenvalue weighted by atomic mass is 10.2. The molecule has 1 N–H and O–H groups in total. The van der Waals surface area contributed by atoms with Crippen molar-refractivity contribution >= 4 is 17.5 Å². The maximum atomic E-state index is 12.2. The van der Waals surface area contributed by atoms with Crippen molar-refractivity contribution in [1.29, 1.82) is 0 Å². The van der Waals surface area contributed by atoms with Crippen LogP contribution in [-0.4, -0.2) is 67.6 Å². The van der Waals surface area contributed by atoms with Crippen LogP contribution in [0.15, 0.2) is 24.3 Å². The summed E-state index contributed by atoms with van der Waals surface area (Å²) in [5, 5.41) is 3.57. The third-order valence-corrected chi connectivity index (χ3v) is 4.45. The number of benzene rings is 1. The van der Waals surface area contributed by atoms with Gasteiger partial charge in [0.1, 0.15) is 5.75 Å². The number of likely N-dealkylation sites (N-methyl/N-ethyl adjacent to an activating group) is 1. The van der Waals surface area contributed by atoms with Crippen LogP contribution in [-0.2, 0) is 4.79 Å². The van der Waals surface area contributed by atoms with E-state index in [4.69, 9.17) is 16.3 Å². The van der Waals surface area contributed by atoms with Gasteiger partial charge in [-0.1, -0.05) is 17.7 Å². The van der Waals surface area contributed by atoms with Crippen LogP contribution in [0.5, 0.6) is 5.75 Å². The number of rotatable bonds is 6. The Hall–Kier alpha value is -1.30. The molecule has 1 heterocycles. The predicted octanol–water partition coefficient (Wildman–Crippen LogP) is 1.86. The topological polar surface area (TPSA) is 44.8 Å². The molecule has 2 atom stereocenters. The first kappa shape index (κ1) is 18.0. The zero-order chi connectivity index (χ0) is 16.8. The molecule has 1 amide bonds. The highest BCUT2D eigenvalue weighted by Crippen LogP contribution is 2.18. The first-order chi connectivity index (χ1) is 11.0. The number of hydrogen-bond donors (Lipinski definition) is 1. The summed E-state index contributed by atoms with van der Waals surface area (Å²) >= 11 is 5.92. The highest BCUT2D eigenvalue weighted by atomic mass is 35.5. The molecule has 0 spiro atoms. The number of piperazine rings is 1. The second kappa shape index (κ2) is 8.52. The van der Waals surface area contributed by atoms with Gasteiger partial charge in [-0.2, -0.15) is 0 Å². The Morgan fingerprint density at radius 1 is 1.30 bits per heavy atom. The minimum absolute atomic E-state index is 0.106. The van der Waals surface area contributed by atoms with E-state index in [2.05, 4.69) is 29.1 Å². The van der Waals surface area contributed by atoms with Crippen molar-refractivity contribution in [2.75, 3.05) is 39.8 Å². The van der Waals surface area contributed by atoms with E-state index in [9.17, 15) is 4.79 Å². The van der Waals surface area contributed by atoms with Crippen LogP contribution in [0.1, 0.15) is 13.8 Å². The summed E-state index contributed by atoms with van der Waals surface area (Å²) in [6.07, 6.45) is -0.548. The van der Waals surface area contributed by atoms with Crippen molar-refractivity contribution in [2.45, 2.75) is 26.0 Å². The molecule has 0 radical (unpaired) electrons. The van der Waals surface area contributed by atoms with Gasteiger partial charge >= 0.3 is 0 Å². The molecule has 0 saturated carbocycles. The van der Waals surface area contributed by atoms with Gasteiger partial charge in [0.2, 0.25) is 0 Å². The Balaban J connectivity index is 1.75. The van der Waals surface area contributed by atoms with Gasteiger partial charge in [0, 0.05) is 43.8 Å². The van der Waals surface area contributed by atoms with Crippen molar-refractivity contribution in [3.63, 3.8) is 0 Å². The molecule has 0 aliphatic carbocycles. The van der Waals surface area contributed by atoms with E-state index in [1.165, 1.54) is 0 Å². The first-order valence-corrected chi connectivity index (χ1v) is 8.46. The minimum Gasteiger partial charge on any atom is -0.481 e. The molecule has 128 valence electrons. The van der Waals surface area contributed by atoms with Crippen LogP contribution in [0, 0.1) is 0 Å². The van der Waals surface area contributed by atoms with E-state index in [-0.39, 0.29) is 5.91 Å². The van der Waals surface area contributed by atoms with Crippen LogP contribution in [0.4, 0.5) is 0 Å². The van der Waals surface area contributed by atoms with Crippen LogP contribution >= 0.6 is 11.6 Å². The van der Waals surface area contributed by atoms with Crippen LogP contribution < -0.4 is 10.1 Å². The molecular weight excluding hydrogens is 314 g/mol. The second-order valence-corrected chi connectivity index (χ2v) is 6.59. The van der Waals surface area contributed by atoms with Gasteiger partial charge < -0.3 is 15.0 Å². The lowest BCUT2D eigenvalue weighted by molar-refractivity contribution is -0.127. The normalized spacial score (nSPS) is 19.1. The summed E-state index contributed by atoms with van der Waals surface area (Å²) in [6.45, 7) is 8.76. The molecule has 2 rings (SSSR count). The molecule has 1 aliphatic heterocycles. The largest absolute Gasteiger partial charge is 0.481 e. The highest BCUT2D eigenvalue weighted by molar-refractivity contribution is 6.30. The standard InChI is InChI=1S/C17H26ClN3O2/c1-13(21-9-7-20(3)8-10-21)12-19-17(22)14(2)23-16-6-4-5-15(18)11-16/h4-6,11,13-14H,7-10,12H2,1-3H3,(H,19,22)/t13-,14-/m1/s1. The van der Waals surface area contributed by atoms with Crippen molar-refractivity contribution in [1.82, 2.24) is 15.1 Å². The predicted molar refractivity (Wildman–Crippen MR) is 93.1 cm³/mol. The summed E-state index contributed by atoms with van der Waals surface area (Å²) < 4.78 is 5.63. The smallest absolute Gasteiger partial charge is 0.260 e. The lowest BCUT2D eigenvalue weighted by Gasteiger charge is -2.36. The van der Waals surface area contributed by atoms with Crippen LogP contribution in [0.3, 0.4) is 0 Å². The van der Waals surface area contributed by atoms with Crippen molar-refractivity contribution in [2.24, 2.45) is 0 Å². The van der Waals surface area contributed by atoms with E-state index in [0.29, 0.717) is 23.4 Å². The van der Waals surface area contributed by atoms with Crippen molar-refractivity contribution in [3.05, 3.63) is 29.3 Å². The Morgan fingerprint density at radius 3 is 2.65 bits per heavy atom. The van der Waals surface area contributed by atoms with Gasteiger partial charge in [0.25, 0.3) is 5.91 Å². The molecule has 0 bridgehead atoms. The lowest BCUT2D eigenvalue weighted by Crippen LogP contribution is -2.52. The fourth-order valence-corrected chi connectivity index (χ4v) is 2.76. The van der Waals surface area contributed by atoms with Crippen molar-refractivity contribution in [3.8, 4) is 5.75 Å². The second-order valence-electron chi connectivity index (χ2n) is 6.15.